The largest absolute Gasteiger partial charge is 0.481 e. The van der Waals surface area contributed by atoms with Gasteiger partial charge in [-0.3, -0.25) is 9.69 Å². The molecule has 0 aliphatic carbocycles. The number of halogens is 1. The molecule has 116 valence electrons. The molecule has 3 nitrogen and oxygen atoms in total. The van der Waals surface area contributed by atoms with E-state index in [0.29, 0.717) is 0 Å². The lowest BCUT2D eigenvalue weighted by molar-refractivity contribution is -0.139. The Balaban J connectivity index is 0.00000176. The van der Waals surface area contributed by atoms with E-state index >= 15 is 0 Å². The van der Waals surface area contributed by atoms with Gasteiger partial charge >= 0.3 is 5.97 Å². The van der Waals surface area contributed by atoms with Crippen molar-refractivity contribution in [3.8, 4) is 0 Å². The van der Waals surface area contributed by atoms with Gasteiger partial charge in [0, 0.05) is 13.1 Å². The van der Waals surface area contributed by atoms with Crippen LogP contribution in [0.4, 0.5) is 0 Å². The summed E-state index contributed by atoms with van der Waals surface area (Å²) in [6.45, 7) is 1.70. The number of nitrogens with zero attached hydrogens (tertiary/aromatic N) is 1. The van der Waals surface area contributed by atoms with Crippen molar-refractivity contribution in [2.24, 2.45) is 5.92 Å². The minimum atomic E-state index is -0.698. The molecule has 1 N–H and O–H groups in total. The van der Waals surface area contributed by atoms with E-state index < -0.39 is 5.97 Å². The monoisotopic (exact) mass is 317 g/mol. The summed E-state index contributed by atoms with van der Waals surface area (Å²) in [7, 11) is 0. The Bertz CT molecular complexity index is 557. The van der Waals surface area contributed by atoms with E-state index in [2.05, 4.69) is 53.4 Å². The van der Waals surface area contributed by atoms with Crippen LogP contribution >= 0.6 is 12.4 Å². The number of likely N-dealkylation sites (tertiary alicyclic amines) is 1. The maximum absolute atomic E-state index is 10.8. The SMILES string of the molecule is Cl.O=C(O)CC1CN(C(c2ccccc2)c2ccccc2)C1. The molecule has 0 amide bonds. The van der Waals surface area contributed by atoms with Gasteiger partial charge < -0.3 is 5.11 Å². The maximum Gasteiger partial charge on any atom is 0.303 e. The third kappa shape index (κ3) is 3.67. The van der Waals surface area contributed by atoms with E-state index in [1.54, 1.807) is 0 Å². The number of carboxylic acid groups (broad SMARTS) is 1. The molecule has 3 rings (SSSR count). The molecule has 1 aliphatic rings. The van der Waals surface area contributed by atoms with Gasteiger partial charge in [0.05, 0.1) is 12.5 Å². The zero-order chi connectivity index (χ0) is 14.7. The van der Waals surface area contributed by atoms with Crippen molar-refractivity contribution < 1.29 is 9.90 Å². The Labute approximate surface area is 137 Å². The van der Waals surface area contributed by atoms with Gasteiger partial charge in [0.1, 0.15) is 0 Å². The number of benzene rings is 2. The van der Waals surface area contributed by atoms with Crippen LogP contribution < -0.4 is 0 Å². The molecule has 0 bridgehead atoms. The normalized spacial score (nSPS) is 15.1. The fraction of sp³-hybridized carbons (Fsp3) is 0.278. The van der Waals surface area contributed by atoms with Gasteiger partial charge in [-0.25, -0.2) is 0 Å². The molecule has 0 atom stereocenters. The highest BCUT2D eigenvalue weighted by atomic mass is 35.5. The molecule has 1 fully saturated rings. The summed E-state index contributed by atoms with van der Waals surface area (Å²) in [5.41, 5.74) is 2.52. The number of carbonyl (C=O) groups is 1. The fourth-order valence-electron chi connectivity index (χ4n) is 3.08. The summed E-state index contributed by atoms with van der Waals surface area (Å²) in [5, 5.41) is 8.89. The van der Waals surface area contributed by atoms with E-state index in [1.807, 2.05) is 12.1 Å². The molecule has 1 saturated heterocycles. The first-order valence-electron chi connectivity index (χ1n) is 7.30. The maximum atomic E-state index is 10.8. The van der Waals surface area contributed by atoms with Crippen LogP contribution in [0.3, 0.4) is 0 Å². The highest BCUT2D eigenvalue weighted by Gasteiger charge is 2.34. The van der Waals surface area contributed by atoms with Crippen molar-refractivity contribution in [1.29, 1.82) is 0 Å². The summed E-state index contributed by atoms with van der Waals surface area (Å²) in [6, 6.07) is 21.1. The Morgan fingerprint density at radius 1 is 1.00 bits per heavy atom. The van der Waals surface area contributed by atoms with Crippen LogP contribution in [0.15, 0.2) is 60.7 Å². The number of aliphatic carboxylic acids is 1. The first-order valence-corrected chi connectivity index (χ1v) is 7.30. The minimum absolute atomic E-state index is 0. The average molecular weight is 318 g/mol. The standard InChI is InChI=1S/C18H19NO2.ClH/c20-17(21)11-14-12-19(13-14)18(15-7-3-1-4-8-15)16-9-5-2-6-10-16;/h1-10,14,18H,11-13H2,(H,20,21);1H. The van der Waals surface area contributed by atoms with Crippen LogP contribution in [0.5, 0.6) is 0 Å². The van der Waals surface area contributed by atoms with Gasteiger partial charge in [-0.15, -0.1) is 12.4 Å². The lowest BCUT2D eigenvalue weighted by atomic mass is 9.89. The van der Waals surface area contributed by atoms with E-state index in [1.165, 1.54) is 11.1 Å². The predicted molar refractivity (Wildman–Crippen MR) is 89.3 cm³/mol. The van der Waals surface area contributed by atoms with Crippen LogP contribution in [0.1, 0.15) is 23.6 Å². The number of rotatable bonds is 5. The van der Waals surface area contributed by atoms with Crippen molar-refractivity contribution in [3.63, 3.8) is 0 Å². The quantitative estimate of drug-likeness (QED) is 0.916. The summed E-state index contributed by atoms with van der Waals surface area (Å²) in [6.07, 6.45) is 0.271. The van der Waals surface area contributed by atoms with Gasteiger partial charge in [-0.1, -0.05) is 60.7 Å². The molecule has 0 aromatic heterocycles. The molecule has 1 aliphatic heterocycles. The van der Waals surface area contributed by atoms with Crippen LogP contribution in [-0.4, -0.2) is 29.1 Å². The van der Waals surface area contributed by atoms with Crippen molar-refractivity contribution in [1.82, 2.24) is 4.90 Å². The molecule has 22 heavy (non-hydrogen) atoms. The molecule has 1 heterocycles. The first kappa shape index (κ1) is 16.5. The van der Waals surface area contributed by atoms with Crippen LogP contribution in [0.2, 0.25) is 0 Å². The molecular formula is C18H20ClNO2. The van der Waals surface area contributed by atoms with Crippen molar-refractivity contribution >= 4 is 18.4 Å². The Kier molecular flexibility index (Phi) is 5.58. The van der Waals surface area contributed by atoms with Crippen molar-refractivity contribution in [2.45, 2.75) is 12.5 Å². The summed E-state index contributed by atoms with van der Waals surface area (Å²) < 4.78 is 0. The lowest BCUT2D eigenvalue weighted by Gasteiger charge is -2.44. The van der Waals surface area contributed by atoms with Crippen LogP contribution in [0, 0.1) is 5.92 Å². The molecule has 0 unspecified atom stereocenters. The van der Waals surface area contributed by atoms with Gasteiger partial charge in [-0.2, -0.15) is 0 Å². The Morgan fingerprint density at radius 3 is 1.86 bits per heavy atom. The molecule has 0 saturated carbocycles. The molecule has 4 heteroatoms. The Hall–Kier alpha value is -1.84. The predicted octanol–water partition coefficient (Wildman–Crippen LogP) is 3.60. The molecule has 0 radical (unpaired) electrons. The lowest BCUT2D eigenvalue weighted by Crippen LogP contribution is -2.49. The molecule has 0 spiro atoms. The summed E-state index contributed by atoms with van der Waals surface area (Å²) in [4.78, 5) is 13.2. The zero-order valence-corrected chi connectivity index (χ0v) is 13.1. The highest BCUT2D eigenvalue weighted by molar-refractivity contribution is 5.85. The minimum Gasteiger partial charge on any atom is -0.481 e. The van der Waals surface area contributed by atoms with Crippen LogP contribution in [-0.2, 0) is 4.79 Å². The Morgan fingerprint density at radius 2 is 1.45 bits per heavy atom. The third-order valence-electron chi connectivity index (χ3n) is 4.04. The second-order valence-electron chi connectivity index (χ2n) is 5.64. The number of hydrogen-bond acceptors (Lipinski definition) is 2. The second kappa shape index (κ2) is 7.43. The van der Waals surface area contributed by atoms with E-state index in [4.69, 9.17) is 5.11 Å². The number of carboxylic acids is 1. The van der Waals surface area contributed by atoms with E-state index in [-0.39, 0.29) is 30.8 Å². The van der Waals surface area contributed by atoms with E-state index in [0.717, 1.165) is 13.1 Å². The fourth-order valence-corrected chi connectivity index (χ4v) is 3.08. The average Bonchev–Trinajstić information content (AvgIpc) is 2.47. The third-order valence-corrected chi connectivity index (χ3v) is 4.04. The smallest absolute Gasteiger partial charge is 0.303 e. The van der Waals surface area contributed by atoms with Gasteiger partial charge in [0.15, 0.2) is 0 Å². The number of hydrogen-bond donors (Lipinski definition) is 1. The van der Waals surface area contributed by atoms with Gasteiger partial charge in [0.25, 0.3) is 0 Å². The highest BCUT2D eigenvalue weighted by Crippen LogP contribution is 2.35. The van der Waals surface area contributed by atoms with Crippen molar-refractivity contribution in [3.05, 3.63) is 71.8 Å². The van der Waals surface area contributed by atoms with Crippen molar-refractivity contribution in [2.75, 3.05) is 13.1 Å². The topological polar surface area (TPSA) is 40.5 Å². The summed E-state index contributed by atoms with van der Waals surface area (Å²) in [5.74, 6) is -0.423. The molecule has 2 aromatic rings. The van der Waals surface area contributed by atoms with Gasteiger partial charge in [-0.05, 0) is 17.0 Å². The van der Waals surface area contributed by atoms with Crippen LogP contribution in [0.25, 0.3) is 0 Å². The van der Waals surface area contributed by atoms with Gasteiger partial charge in [0.2, 0.25) is 0 Å². The first-order chi connectivity index (χ1) is 10.2. The zero-order valence-electron chi connectivity index (χ0n) is 12.3. The molecular weight excluding hydrogens is 298 g/mol. The summed E-state index contributed by atoms with van der Waals surface area (Å²) >= 11 is 0. The molecule has 2 aromatic carbocycles. The van der Waals surface area contributed by atoms with E-state index in [9.17, 15) is 4.79 Å². The second-order valence-corrected chi connectivity index (χ2v) is 5.64.